The molecule has 110 valence electrons. The van der Waals surface area contributed by atoms with Gasteiger partial charge < -0.3 is 4.90 Å². The van der Waals surface area contributed by atoms with Gasteiger partial charge in [0.1, 0.15) is 4.21 Å². The second kappa shape index (κ2) is 7.04. The molecule has 1 aromatic rings. The zero-order valence-electron chi connectivity index (χ0n) is 11.8. The predicted molar refractivity (Wildman–Crippen MR) is 81.5 cm³/mol. The van der Waals surface area contributed by atoms with Gasteiger partial charge in [-0.3, -0.25) is 0 Å². The first-order valence-corrected chi connectivity index (χ1v) is 8.98. The Kier molecular flexibility index (Phi) is 6.26. The number of alkyl halides is 1. The van der Waals surface area contributed by atoms with E-state index in [1.54, 1.807) is 11.4 Å². The van der Waals surface area contributed by atoms with Crippen LogP contribution in [0.3, 0.4) is 0 Å². The SMILES string of the molecule is CCN(C(C)CN(C)C)S(=O)(=O)c1cc(CCl)cs1. The number of likely N-dealkylation sites (N-methyl/N-ethyl adjacent to an activating group) is 2. The van der Waals surface area contributed by atoms with E-state index in [1.165, 1.54) is 15.6 Å². The summed E-state index contributed by atoms with van der Waals surface area (Å²) in [4.78, 5) is 1.99. The second-order valence-corrected chi connectivity index (χ2v) is 8.02. The minimum Gasteiger partial charge on any atom is -0.308 e. The molecule has 0 amide bonds. The molecule has 1 aromatic heterocycles. The van der Waals surface area contributed by atoms with Gasteiger partial charge in [0.05, 0.1) is 0 Å². The summed E-state index contributed by atoms with van der Waals surface area (Å²) in [6, 6.07) is 1.60. The van der Waals surface area contributed by atoms with Crippen LogP contribution in [0.2, 0.25) is 0 Å². The first-order chi connectivity index (χ1) is 8.82. The monoisotopic (exact) mass is 324 g/mol. The summed E-state index contributed by atoms with van der Waals surface area (Å²) in [7, 11) is 0.458. The maximum absolute atomic E-state index is 12.6. The smallest absolute Gasteiger partial charge is 0.252 e. The molecule has 0 aliphatic rings. The van der Waals surface area contributed by atoms with Crippen LogP contribution in [-0.2, 0) is 15.9 Å². The third-order valence-corrected chi connectivity index (χ3v) is 6.64. The minimum atomic E-state index is -3.42. The second-order valence-electron chi connectivity index (χ2n) is 4.73. The lowest BCUT2D eigenvalue weighted by Crippen LogP contribution is -2.43. The molecule has 0 N–H and O–H groups in total. The van der Waals surface area contributed by atoms with Gasteiger partial charge >= 0.3 is 0 Å². The van der Waals surface area contributed by atoms with Gasteiger partial charge in [-0.1, -0.05) is 6.92 Å². The van der Waals surface area contributed by atoms with E-state index in [-0.39, 0.29) is 6.04 Å². The number of nitrogens with zero attached hydrogens (tertiary/aromatic N) is 2. The van der Waals surface area contributed by atoms with Crippen molar-refractivity contribution in [3.8, 4) is 0 Å². The van der Waals surface area contributed by atoms with Gasteiger partial charge in [0, 0.05) is 25.0 Å². The molecule has 1 unspecified atom stereocenters. The van der Waals surface area contributed by atoms with E-state index in [1.807, 2.05) is 32.8 Å². The van der Waals surface area contributed by atoms with Gasteiger partial charge in [-0.2, -0.15) is 4.31 Å². The Morgan fingerprint density at radius 2 is 2.05 bits per heavy atom. The summed E-state index contributed by atoms with van der Waals surface area (Å²) >= 11 is 6.96. The van der Waals surface area contributed by atoms with Crippen LogP contribution in [0, 0.1) is 0 Å². The van der Waals surface area contributed by atoms with E-state index in [0.717, 1.165) is 5.56 Å². The quantitative estimate of drug-likeness (QED) is 0.723. The lowest BCUT2D eigenvalue weighted by atomic mass is 10.3. The van der Waals surface area contributed by atoms with Crippen molar-refractivity contribution in [2.24, 2.45) is 0 Å². The fourth-order valence-corrected chi connectivity index (χ4v) is 5.23. The van der Waals surface area contributed by atoms with Crippen LogP contribution in [0.1, 0.15) is 19.4 Å². The normalized spacial score (nSPS) is 14.3. The number of sulfonamides is 1. The Hall–Kier alpha value is -0.140. The molecule has 0 aliphatic heterocycles. The van der Waals surface area contributed by atoms with E-state index in [9.17, 15) is 8.42 Å². The summed E-state index contributed by atoms with van der Waals surface area (Å²) in [6.45, 7) is 4.95. The zero-order chi connectivity index (χ0) is 14.6. The Morgan fingerprint density at radius 1 is 1.42 bits per heavy atom. The summed E-state index contributed by atoms with van der Waals surface area (Å²) in [5.74, 6) is 0.339. The highest BCUT2D eigenvalue weighted by molar-refractivity contribution is 7.91. The van der Waals surface area contributed by atoms with Crippen LogP contribution in [-0.4, -0.2) is 50.8 Å². The van der Waals surface area contributed by atoms with Gasteiger partial charge in [-0.05, 0) is 38.0 Å². The molecule has 1 atom stereocenters. The maximum Gasteiger partial charge on any atom is 0.252 e. The Bertz CT molecular complexity index is 500. The number of rotatable bonds is 7. The fourth-order valence-electron chi connectivity index (χ4n) is 2.01. The van der Waals surface area contributed by atoms with E-state index < -0.39 is 10.0 Å². The summed E-state index contributed by atoms with van der Waals surface area (Å²) in [5, 5.41) is 1.80. The number of thiophene rings is 1. The molecule has 0 fully saturated rings. The fraction of sp³-hybridized carbons (Fsp3) is 0.667. The molecule has 4 nitrogen and oxygen atoms in total. The van der Waals surface area contributed by atoms with Crippen molar-refractivity contribution in [2.75, 3.05) is 27.2 Å². The zero-order valence-corrected chi connectivity index (χ0v) is 14.1. The van der Waals surface area contributed by atoms with Gasteiger partial charge in [0.2, 0.25) is 0 Å². The van der Waals surface area contributed by atoms with Crippen molar-refractivity contribution in [1.29, 1.82) is 0 Å². The highest BCUT2D eigenvalue weighted by Gasteiger charge is 2.29. The Labute approximate surface area is 125 Å². The highest BCUT2D eigenvalue weighted by Crippen LogP contribution is 2.26. The predicted octanol–water partition coefficient (Wildman–Crippen LogP) is 2.45. The molecule has 0 aromatic carbocycles. The van der Waals surface area contributed by atoms with Crippen molar-refractivity contribution in [3.05, 3.63) is 17.0 Å². The van der Waals surface area contributed by atoms with Crippen LogP contribution in [0.5, 0.6) is 0 Å². The first-order valence-electron chi connectivity index (χ1n) is 6.12. The van der Waals surface area contributed by atoms with Crippen LogP contribution in [0.25, 0.3) is 0 Å². The Balaban J connectivity index is 3.01. The molecule has 1 heterocycles. The summed E-state index contributed by atoms with van der Waals surface area (Å²) in [5.41, 5.74) is 0.849. The molecule has 0 spiro atoms. The third kappa shape index (κ3) is 4.16. The lowest BCUT2D eigenvalue weighted by Gasteiger charge is -2.28. The summed E-state index contributed by atoms with van der Waals surface area (Å²) < 4.78 is 27.1. The van der Waals surface area contributed by atoms with E-state index in [0.29, 0.717) is 23.2 Å². The van der Waals surface area contributed by atoms with Gasteiger partial charge in [-0.15, -0.1) is 22.9 Å². The van der Waals surface area contributed by atoms with Crippen LogP contribution in [0.15, 0.2) is 15.7 Å². The van der Waals surface area contributed by atoms with E-state index >= 15 is 0 Å². The summed E-state index contributed by atoms with van der Waals surface area (Å²) in [6.07, 6.45) is 0. The van der Waals surface area contributed by atoms with Gasteiger partial charge in [0.25, 0.3) is 10.0 Å². The molecule has 0 bridgehead atoms. The average Bonchev–Trinajstić information content (AvgIpc) is 2.77. The number of halogens is 1. The number of hydrogen-bond donors (Lipinski definition) is 0. The molecule has 1 rings (SSSR count). The Morgan fingerprint density at radius 3 is 2.47 bits per heavy atom. The van der Waals surface area contributed by atoms with Crippen LogP contribution < -0.4 is 0 Å². The molecule has 0 aliphatic carbocycles. The topological polar surface area (TPSA) is 40.6 Å². The minimum absolute atomic E-state index is 0.0634. The van der Waals surface area contributed by atoms with Crippen LogP contribution in [0.4, 0.5) is 0 Å². The third-order valence-electron chi connectivity index (χ3n) is 2.78. The van der Waals surface area contributed by atoms with Crippen molar-refractivity contribution in [1.82, 2.24) is 9.21 Å². The number of hydrogen-bond acceptors (Lipinski definition) is 4. The van der Waals surface area contributed by atoms with E-state index in [4.69, 9.17) is 11.6 Å². The van der Waals surface area contributed by atoms with Crippen molar-refractivity contribution in [2.45, 2.75) is 30.0 Å². The van der Waals surface area contributed by atoms with E-state index in [2.05, 4.69) is 0 Å². The van der Waals surface area contributed by atoms with Crippen molar-refractivity contribution >= 4 is 33.0 Å². The van der Waals surface area contributed by atoms with Crippen molar-refractivity contribution in [3.63, 3.8) is 0 Å². The molecule has 19 heavy (non-hydrogen) atoms. The van der Waals surface area contributed by atoms with Crippen molar-refractivity contribution < 1.29 is 8.42 Å². The standard InChI is InChI=1S/C12H21ClN2O2S2/c1-5-15(10(2)8-14(3)4)19(16,17)12-6-11(7-13)9-18-12/h6,9-10H,5,7-8H2,1-4H3. The highest BCUT2D eigenvalue weighted by atomic mass is 35.5. The van der Waals surface area contributed by atoms with Crippen LogP contribution >= 0.6 is 22.9 Å². The average molecular weight is 325 g/mol. The van der Waals surface area contributed by atoms with Gasteiger partial charge in [-0.25, -0.2) is 8.42 Å². The van der Waals surface area contributed by atoms with Gasteiger partial charge in [0.15, 0.2) is 0 Å². The molecule has 0 radical (unpaired) electrons. The largest absolute Gasteiger partial charge is 0.308 e. The molecular weight excluding hydrogens is 304 g/mol. The first kappa shape index (κ1) is 16.9. The molecule has 7 heteroatoms. The molecule has 0 saturated carbocycles. The molecular formula is C12H21ClN2O2S2. The lowest BCUT2D eigenvalue weighted by molar-refractivity contribution is 0.272. The molecule has 0 saturated heterocycles. The maximum atomic E-state index is 12.6.